The van der Waals surface area contributed by atoms with Gasteiger partial charge in [0.1, 0.15) is 12.1 Å². The summed E-state index contributed by atoms with van der Waals surface area (Å²) in [5, 5.41) is 0. The van der Waals surface area contributed by atoms with E-state index in [4.69, 9.17) is 5.73 Å². The highest BCUT2D eigenvalue weighted by Crippen LogP contribution is 2.11. The first kappa shape index (κ1) is 10.5. The lowest BCUT2D eigenvalue weighted by molar-refractivity contribution is 0.616. The number of halogens is 1. The fourth-order valence-electron chi connectivity index (χ4n) is 1.39. The molecule has 0 aliphatic rings. The minimum Gasteiger partial charge on any atom is -0.326 e. The van der Waals surface area contributed by atoms with Gasteiger partial charge in [0.2, 0.25) is 0 Å². The van der Waals surface area contributed by atoms with E-state index in [-0.39, 0.29) is 17.9 Å². The van der Waals surface area contributed by atoms with Crippen LogP contribution in [0.15, 0.2) is 41.6 Å². The molecule has 0 aliphatic carbocycles. The van der Waals surface area contributed by atoms with Crippen molar-refractivity contribution in [1.82, 2.24) is 9.55 Å². The molecule has 0 bridgehead atoms. The third-order valence-electron chi connectivity index (χ3n) is 2.22. The first-order valence-corrected chi connectivity index (χ1v) is 4.74. The molecule has 0 amide bonds. The molecule has 0 aliphatic heterocycles. The lowest BCUT2D eigenvalue weighted by Gasteiger charge is -2.07. The van der Waals surface area contributed by atoms with Crippen molar-refractivity contribution in [2.75, 3.05) is 0 Å². The third-order valence-corrected chi connectivity index (χ3v) is 2.22. The number of rotatable bonds is 2. The van der Waals surface area contributed by atoms with Crippen molar-refractivity contribution in [2.24, 2.45) is 5.73 Å². The Hall–Kier alpha value is -2.01. The average Bonchev–Trinajstić information content (AvgIpc) is 2.31. The molecule has 0 fully saturated rings. The second-order valence-electron chi connectivity index (χ2n) is 3.27. The van der Waals surface area contributed by atoms with Crippen molar-refractivity contribution in [1.29, 1.82) is 0 Å². The van der Waals surface area contributed by atoms with Crippen LogP contribution in [0, 0.1) is 5.82 Å². The number of nitrogens with two attached hydrogens (primary N) is 1. The molecule has 16 heavy (non-hydrogen) atoms. The van der Waals surface area contributed by atoms with Gasteiger partial charge in [0.15, 0.2) is 0 Å². The van der Waals surface area contributed by atoms with Crippen LogP contribution in [0.25, 0.3) is 5.69 Å². The largest absolute Gasteiger partial charge is 0.326 e. The maximum atomic E-state index is 13.5. The maximum Gasteiger partial charge on any atom is 0.277 e. The van der Waals surface area contributed by atoms with E-state index in [2.05, 4.69) is 4.98 Å². The van der Waals surface area contributed by atoms with Gasteiger partial charge in [-0.25, -0.2) is 4.39 Å². The Morgan fingerprint density at radius 3 is 2.81 bits per heavy atom. The van der Waals surface area contributed by atoms with Crippen molar-refractivity contribution < 1.29 is 4.39 Å². The molecule has 2 aromatic rings. The summed E-state index contributed by atoms with van der Waals surface area (Å²) >= 11 is 0. The Balaban J connectivity index is 2.57. The lowest BCUT2D eigenvalue weighted by Crippen LogP contribution is -2.18. The zero-order valence-electron chi connectivity index (χ0n) is 8.43. The molecule has 0 radical (unpaired) electrons. The van der Waals surface area contributed by atoms with Crippen LogP contribution in [-0.4, -0.2) is 9.55 Å². The molecule has 82 valence electrons. The Labute approximate surface area is 91.2 Å². The molecule has 1 heterocycles. The van der Waals surface area contributed by atoms with E-state index in [1.165, 1.54) is 23.2 Å². The van der Waals surface area contributed by atoms with Crippen LogP contribution < -0.4 is 11.3 Å². The Morgan fingerprint density at radius 2 is 2.12 bits per heavy atom. The molecular weight excluding hydrogens is 209 g/mol. The number of para-hydroxylation sites is 1. The minimum absolute atomic E-state index is 0.0845. The Kier molecular flexibility index (Phi) is 2.78. The lowest BCUT2D eigenvalue weighted by atomic mass is 10.3. The normalized spacial score (nSPS) is 10.4. The number of hydrogen-bond donors (Lipinski definition) is 1. The highest BCUT2D eigenvalue weighted by molar-refractivity contribution is 5.33. The van der Waals surface area contributed by atoms with Crippen LogP contribution >= 0.6 is 0 Å². The molecule has 0 atom stereocenters. The standard InChI is InChI=1S/C11H10FN3O/c12-9-3-1-2-4-10(9)15-6-8(5-13)11(16)14-7-15/h1-4,6-7H,5,13H2. The average molecular weight is 219 g/mol. The van der Waals surface area contributed by atoms with E-state index in [0.29, 0.717) is 11.3 Å². The molecule has 0 saturated heterocycles. The van der Waals surface area contributed by atoms with Gasteiger partial charge in [0, 0.05) is 18.3 Å². The summed E-state index contributed by atoms with van der Waals surface area (Å²) in [7, 11) is 0. The summed E-state index contributed by atoms with van der Waals surface area (Å²) in [5.74, 6) is -0.379. The van der Waals surface area contributed by atoms with E-state index in [1.807, 2.05) is 0 Å². The first-order chi connectivity index (χ1) is 7.72. The highest BCUT2D eigenvalue weighted by Gasteiger charge is 2.04. The van der Waals surface area contributed by atoms with Gasteiger partial charge in [-0.15, -0.1) is 0 Å². The van der Waals surface area contributed by atoms with Crippen molar-refractivity contribution in [2.45, 2.75) is 6.54 Å². The SMILES string of the molecule is NCc1cn(-c2ccccc2F)cnc1=O. The fraction of sp³-hybridized carbons (Fsp3) is 0.0909. The predicted octanol–water partition coefficient (Wildman–Crippen LogP) is 0.830. The number of nitrogens with zero attached hydrogens (tertiary/aromatic N) is 2. The van der Waals surface area contributed by atoms with Gasteiger partial charge >= 0.3 is 0 Å². The second kappa shape index (κ2) is 4.24. The summed E-state index contributed by atoms with van der Waals surface area (Å²) in [6.07, 6.45) is 2.77. The van der Waals surface area contributed by atoms with Crippen LogP contribution in [0.3, 0.4) is 0 Å². The van der Waals surface area contributed by atoms with Gasteiger partial charge in [0.05, 0.1) is 5.69 Å². The van der Waals surface area contributed by atoms with Gasteiger partial charge in [-0.3, -0.25) is 4.79 Å². The van der Waals surface area contributed by atoms with Gasteiger partial charge in [-0.2, -0.15) is 4.98 Å². The van der Waals surface area contributed by atoms with Gasteiger partial charge in [0.25, 0.3) is 5.56 Å². The van der Waals surface area contributed by atoms with Crippen molar-refractivity contribution >= 4 is 0 Å². The molecule has 5 heteroatoms. The van der Waals surface area contributed by atoms with Crippen LogP contribution in [0.4, 0.5) is 4.39 Å². The first-order valence-electron chi connectivity index (χ1n) is 4.74. The highest BCUT2D eigenvalue weighted by atomic mass is 19.1. The maximum absolute atomic E-state index is 13.5. The summed E-state index contributed by atoms with van der Waals surface area (Å²) in [5.41, 5.74) is 5.70. The molecule has 2 N–H and O–H groups in total. The summed E-state index contributed by atoms with van der Waals surface area (Å²) in [6, 6.07) is 6.24. The summed E-state index contributed by atoms with van der Waals surface area (Å²) in [4.78, 5) is 14.8. The molecule has 1 aromatic carbocycles. The molecule has 2 rings (SSSR count). The molecule has 0 spiro atoms. The van der Waals surface area contributed by atoms with Gasteiger partial charge in [-0.1, -0.05) is 12.1 Å². The molecular formula is C11H10FN3O. The molecule has 0 unspecified atom stereocenters. The quantitative estimate of drug-likeness (QED) is 0.813. The van der Waals surface area contributed by atoms with Crippen molar-refractivity contribution in [3.8, 4) is 5.69 Å². The number of hydrogen-bond acceptors (Lipinski definition) is 3. The zero-order valence-corrected chi connectivity index (χ0v) is 8.43. The van der Waals surface area contributed by atoms with E-state index in [1.54, 1.807) is 18.2 Å². The van der Waals surface area contributed by atoms with E-state index >= 15 is 0 Å². The zero-order chi connectivity index (χ0) is 11.5. The van der Waals surface area contributed by atoms with Gasteiger partial charge < -0.3 is 10.3 Å². The minimum atomic E-state index is -0.380. The van der Waals surface area contributed by atoms with E-state index in [0.717, 1.165) is 0 Å². The van der Waals surface area contributed by atoms with Crippen LogP contribution in [0.1, 0.15) is 5.56 Å². The molecule has 4 nitrogen and oxygen atoms in total. The number of benzene rings is 1. The molecule has 0 saturated carbocycles. The fourth-order valence-corrected chi connectivity index (χ4v) is 1.39. The van der Waals surface area contributed by atoms with Gasteiger partial charge in [-0.05, 0) is 12.1 Å². The summed E-state index contributed by atoms with van der Waals surface area (Å²) < 4.78 is 14.9. The van der Waals surface area contributed by atoms with E-state index < -0.39 is 0 Å². The Bertz CT molecular complexity index is 565. The van der Waals surface area contributed by atoms with Crippen LogP contribution in [0.2, 0.25) is 0 Å². The van der Waals surface area contributed by atoms with Crippen LogP contribution in [-0.2, 0) is 6.54 Å². The van der Waals surface area contributed by atoms with E-state index in [9.17, 15) is 9.18 Å². The van der Waals surface area contributed by atoms with Crippen LogP contribution in [0.5, 0.6) is 0 Å². The topological polar surface area (TPSA) is 60.9 Å². The molecule has 1 aromatic heterocycles. The van der Waals surface area contributed by atoms with Crippen molar-refractivity contribution in [3.05, 3.63) is 58.5 Å². The summed E-state index contributed by atoms with van der Waals surface area (Å²) in [6.45, 7) is 0.0845. The smallest absolute Gasteiger partial charge is 0.277 e. The number of aromatic nitrogens is 2. The van der Waals surface area contributed by atoms with Crippen molar-refractivity contribution in [3.63, 3.8) is 0 Å². The third kappa shape index (κ3) is 1.85. The monoisotopic (exact) mass is 219 g/mol. The Morgan fingerprint density at radius 1 is 1.38 bits per heavy atom. The predicted molar refractivity (Wildman–Crippen MR) is 57.7 cm³/mol. The second-order valence-corrected chi connectivity index (χ2v) is 3.27.